The van der Waals surface area contributed by atoms with Crippen LogP contribution in [-0.2, 0) is 0 Å². The fourth-order valence-electron chi connectivity index (χ4n) is 2.31. The molecular formula is C14H20N2O2. The minimum atomic E-state index is -0.413. The van der Waals surface area contributed by atoms with E-state index in [9.17, 15) is 9.90 Å². The molecule has 1 saturated carbocycles. The lowest BCUT2D eigenvalue weighted by atomic mass is 9.64. The van der Waals surface area contributed by atoms with Crippen LogP contribution in [0.15, 0.2) is 18.2 Å². The van der Waals surface area contributed by atoms with Gasteiger partial charge in [-0.25, -0.2) is 0 Å². The van der Waals surface area contributed by atoms with Gasteiger partial charge in [0.15, 0.2) is 0 Å². The molecule has 1 aliphatic carbocycles. The van der Waals surface area contributed by atoms with Crippen molar-refractivity contribution in [1.29, 1.82) is 0 Å². The number of hydrogen-bond acceptors (Lipinski definition) is 3. The summed E-state index contributed by atoms with van der Waals surface area (Å²) in [5.41, 5.74) is 7.62. The van der Waals surface area contributed by atoms with E-state index in [2.05, 4.69) is 5.32 Å². The van der Waals surface area contributed by atoms with Crippen molar-refractivity contribution in [2.45, 2.75) is 39.3 Å². The smallest absolute Gasteiger partial charge is 0.248 e. The number of amides is 1. The Morgan fingerprint density at radius 1 is 1.50 bits per heavy atom. The standard InChI is InChI=1S/C14H20N2O2/c1-8-6-9(13(15)18)4-5-10(8)16-11-7-12(17)14(11,2)3/h4-6,11-12,16-17H,7H2,1-3H3,(H2,15,18). The molecule has 4 N–H and O–H groups in total. The van der Waals surface area contributed by atoms with Gasteiger partial charge in [-0.3, -0.25) is 4.79 Å². The maximum atomic E-state index is 11.1. The quantitative estimate of drug-likeness (QED) is 0.761. The molecule has 0 radical (unpaired) electrons. The molecule has 1 fully saturated rings. The Hall–Kier alpha value is -1.55. The third-order valence-corrected chi connectivity index (χ3v) is 4.06. The number of anilines is 1. The summed E-state index contributed by atoms with van der Waals surface area (Å²) in [6.45, 7) is 6.04. The van der Waals surface area contributed by atoms with Crippen molar-refractivity contribution in [3.63, 3.8) is 0 Å². The molecular weight excluding hydrogens is 228 g/mol. The lowest BCUT2D eigenvalue weighted by Crippen LogP contribution is -2.56. The molecule has 1 aromatic rings. The minimum Gasteiger partial charge on any atom is -0.392 e. The molecule has 0 spiro atoms. The highest BCUT2D eigenvalue weighted by molar-refractivity contribution is 5.93. The molecule has 4 nitrogen and oxygen atoms in total. The molecule has 2 unspecified atom stereocenters. The number of aliphatic hydroxyl groups is 1. The van der Waals surface area contributed by atoms with Crippen molar-refractivity contribution >= 4 is 11.6 Å². The molecule has 0 saturated heterocycles. The van der Waals surface area contributed by atoms with Gasteiger partial charge in [0.25, 0.3) is 0 Å². The molecule has 1 aliphatic rings. The number of aliphatic hydroxyl groups excluding tert-OH is 1. The Bertz CT molecular complexity index is 483. The summed E-state index contributed by atoms with van der Waals surface area (Å²) < 4.78 is 0. The molecule has 98 valence electrons. The van der Waals surface area contributed by atoms with E-state index < -0.39 is 5.91 Å². The van der Waals surface area contributed by atoms with Crippen LogP contribution in [0.3, 0.4) is 0 Å². The zero-order chi connectivity index (χ0) is 13.5. The van der Waals surface area contributed by atoms with Crippen molar-refractivity contribution in [3.8, 4) is 0 Å². The molecule has 2 rings (SSSR count). The van der Waals surface area contributed by atoms with Crippen LogP contribution in [-0.4, -0.2) is 23.2 Å². The highest BCUT2D eigenvalue weighted by atomic mass is 16.3. The first-order chi connectivity index (χ1) is 8.32. The van der Waals surface area contributed by atoms with E-state index in [-0.39, 0.29) is 17.6 Å². The number of nitrogens with two attached hydrogens (primary N) is 1. The van der Waals surface area contributed by atoms with Gasteiger partial charge >= 0.3 is 0 Å². The van der Waals surface area contributed by atoms with Crippen LogP contribution in [0.4, 0.5) is 5.69 Å². The van der Waals surface area contributed by atoms with E-state index in [4.69, 9.17) is 5.73 Å². The summed E-state index contributed by atoms with van der Waals surface area (Å²) in [6.07, 6.45) is 0.504. The van der Waals surface area contributed by atoms with E-state index in [1.807, 2.05) is 26.8 Å². The maximum Gasteiger partial charge on any atom is 0.248 e. The minimum absolute atomic E-state index is 0.116. The Kier molecular flexibility index (Phi) is 3.07. The van der Waals surface area contributed by atoms with E-state index in [1.165, 1.54) is 0 Å². The summed E-state index contributed by atoms with van der Waals surface area (Å²) in [6, 6.07) is 5.63. The number of benzene rings is 1. The van der Waals surface area contributed by atoms with E-state index >= 15 is 0 Å². The van der Waals surface area contributed by atoms with Crippen LogP contribution in [0.1, 0.15) is 36.2 Å². The first-order valence-electron chi connectivity index (χ1n) is 6.17. The van der Waals surface area contributed by atoms with Gasteiger partial charge in [-0.15, -0.1) is 0 Å². The van der Waals surface area contributed by atoms with Gasteiger partial charge in [0.2, 0.25) is 5.91 Å². The van der Waals surface area contributed by atoms with Crippen LogP contribution < -0.4 is 11.1 Å². The Balaban J connectivity index is 2.14. The second kappa shape index (κ2) is 4.28. The number of carbonyl (C=O) groups excluding carboxylic acids is 1. The number of nitrogens with one attached hydrogen (secondary N) is 1. The highest BCUT2D eigenvalue weighted by Crippen LogP contribution is 2.42. The zero-order valence-electron chi connectivity index (χ0n) is 11.0. The predicted molar refractivity (Wildman–Crippen MR) is 71.5 cm³/mol. The number of carbonyl (C=O) groups is 1. The van der Waals surface area contributed by atoms with Gasteiger partial charge in [0, 0.05) is 22.7 Å². The van der Waals surface area contributed by atoms with Gasteiger partial charge in [0.05, 0.1) is 6.10 Å². The first-order valence-corrected chi connectivity index (χ1v) is 6.17. The Morgan fingerprint density at radius 3 is 2.61 bits per heavy atom. The molecule has 1 aromatic carbocycles. The summed E-state index contributed by atoms with van der Waals surface area (Å²) >= 11 is 0. The lowest BCUT2D eigenvalue weighted by Gasteiger charge is -2.50. The van der Waals surface area contributed by atoms with Crippen LogP contribution in [0.5, 0.6) is 0 Å². The van der Waals surface area contributed by atoms with Gasteiger partial charge in [-0.2, -0.15) is 0 Å². The third kappa shape index (κ3) is 2.08. The molecule has 18 heavy (non-hydrogen) atoms. The number of aryl methyl sites for hydroxylation is 1. The number of rotatable bonds is 3. The van der Waals surface area contributed by atoms with Gasteiger partial charge in [0.1, 0.15) is 0 Å². The molecule has 1 amide bonds. The highest BCUT2D eigenvalue weighted by Gasteiger charge is 2.47. The van der Waals surface area contributed by atoms with Crippen molar-refractivity contribution in [2.75, 3.05) is 5.32 Å². The fraction of sp³-hybridized carbons (Fsp3) is 0.500. The van der Waals surface area contributed by atoms with Crippen LogP contribution >= 0.6 is 0 Å². The normalized spacial score (nSPS) is 25.3. The average molecular weight is 248 g/mol. The van der Waals surface area contributed by atoms with Crippen molar-refractivity contribution in [2.24, 2.45) is 11.1 Å². The SMILES string of the molecule is Cc1cc(C(N)=O)ccc1NC1CC(O)C1(C)C. The van der Waals surface area contributed by atoms with Crippen molar-refractivity contribution in [1.82, 2.24) is 0 Å². The average Bonchev–Trinajstić information content (AvgIpc) is 2.30. The molecule has 0 heterocycles. The third-order valence-electron chi connectivity index (χ3n) is 4.06. The largest absolute Gasteiger partial charge is 0.392 e. The van der Waals surface area contributed by atoms with Crippen LogP contribution in [0, 0.1) is 12.3 Å². The van der Waals surface area contributed by atoms with Gasteiger partial charge in [-0.05, 0) is 37.1 Å². The fourth-order valence-corrected chi connectivity index (χ4v) is 2.31. The Morgan fingerprint density at radius 2 is 2.17 bits per heavy atom. The lowest BCUT2D eigenvalue weighted by molar-refractivity contribution is -0.0510. The molecule has 0 bridgehead atoms. The van der Waals surface area contributed by atoms with E-state index in [1.54, 1.807) is 12.1 Å². The van der Waals surface area contributed by atoms with E-state index in [0.717, 1.165) is 17.7 Å². The van der Waals surface area contributed by atoms with Crippen LogP contribution in [0.2, 0.25) is 0 Å². The summed E-state index contributed by atoms with van der Waals surface area (Å²) in [5.74, 6) is -0.413. The summed E-state index contributed by atoms with van der Waals surface area (Å²) in [5, 5.41) is 13.1. The summed E-state index contributed by atoms with van der Waals surface area (Å²) in [7, 11) is 0. The second-order valence-corrected chi connectivity index (χ2v) is 5.66. The van der Waals surface area contributed by atoms with Crippen molar-refractivity contribution in [3.05, 3.63) is 29.3 Å². The maximum absolute atomic E-state index is 11.1. The monoisotopic (exact) mass is 248 g/mol. The molecule has 4 heteroatoms. The molecule has 0 aromatic heterocycles. The summed E-state index contributed by atoms with van der Waals surface area (Å²) in [4.78, 5) is 11.1. The zero-order valence-corrected chi connectivity index (χ0v) is 11.0. The van der Waals surface area contributed by atoms with Gasteiger partial charge < -0.3 is 16.2 Å². The predicted octanol–water partition coefficient (Wildman–Crippen LogP) is 1.67. The molecule has 2 atom stereocenters. The topological polar surface area (TPSA) is 75.4 Å². The number of hydrogen-bond donors (Lipinski definition) is 3. The van der Waals surface area contributed by atoms with Crippen molar-refractivity contribution < 1.29 is 9.90 Å². The van der Waals surface area contributed by atoms with Gasteiger partial charge in [-0.1, -0.05) is 13.8 Å². The van der Waals surface area contributed by atoms with Crippen LogP contribution in [0.25, 0.3) is 0 Å². The molecule has 0 aliphatic heterocycles. The second-order valence-electron chi connectivity index (χ2n) is 5.66. The Labute approximate surface area is 107 Å². The first kappa shape index (κ1) is 12.9. The number of primary amides is 1. The van der Waals surface area contributed by atoms with E-state index in [0.29, 0.717) is 5.56 Å².